The third-order valence-corrected chi connectivity index (χ3v) is 6.46. The number of aryl methyl sites for hydroxylation is 2. The summed E-state index contributed by atoms with van der Waals surface area (Å²) in [7, 11) is 0. The molecule has 0 amide bonds. The van der Waals surface area contributed by atoms with Gasteiger partial charge >= 0.3 is 0 Å². The number of ketones is 1. The second kappa shape index (κ2) is 7.66. The molecule has 3 N–H and O–H groups in total. The number of carbonyl (C=O) groups is 1. The van der Waals surface area contributed by atoms with E-state index in [-0.39, 0.29) is 11.5 Å². The van der Waals surface area contributed by atoms with E-state index in [4.69, 9.17) is 10.2 Å². The number of aromatic hydroxyl groups is 1. The van der Waals surface area contributed by atoms with Crippen molar-refractivity contribution in [1.82, 2.24) is 4.98 Å². The Kier molecular flexibility index (Phi) is 4.79. The van der Waals surface area contributed by atoms with Crippen molar-refractivity contribution in [3.63, 3.8) is 0 Å². The summed E-state index contributed by atoms with van der Waals surface area (Å²) in [5, 5.41) is 10.9. The zero-order valence-electron chi connectivity index (χ0n) is 17.5. The molecule has 0 fully saturated rings. The van der Waals surface area contributed by atoms with Crippen LogP contribution in [0.4, 0.5) is 5.82 Å². The fourth-order valence-electron chi connectivity index (χ4n) is 3.97. The highest BCUT2D eigenvalue weighted by molar-refractivity contribution is 7.21. The predicted molar refractivity (Wildman–Crippen MR) is 128 cm³/mol. The van der Waals surface area contributed by atoms with Crippen molar-refractivity contribution in [2.24, 2.45) is 0 Å². The lowest BCUT2D eigenvalue weighted by atomic mass is 9.96. The SMILES string of the molecule is Cc1cc(C)cc(C(=O)c2sc3cc(O)ccc3c2-c2ccc(-c3nc(N)co3)cc2)c1. The Labute approximate surface area is 188 Å². The van der Waals surface area contributed by atoms with E-state index < -0.39 is 0 Å². The normalized spacial score (nSPS) is 11.2. The van der Waals surface area contributed by atoms with Gasteiger partial charge in [-0.15, -0.1) is 11.3 Å². The molecule has 158 valence electrons. The van der Waals surface area contributed by atoms with E-state index in [0.717, 1.165) is 37.9 Å². The minimum Gasteiger partial charge on any atom is -0.508 e. The summed E-state index contributed by atoms with van der Waals surface area (Å²) >= 11 is 1.39. The van der Waals surface area contributed by atoms with Crippen molar-refractivity contribution in [2.75, 3.05) is 5.73 Å². The zero-order valence-corrected chi connectivity index (χ0v) is 18.4. The van der Waals surface area contributed by atoms with Crippen molar-refractivity contribution < 1.29 is 14.3 Å². The van der Waals surface area contributed by atoms with Gasteiger partial charge in [0.2, 0.25) is 11.7 Å². The van der Waals surface area contributed by atoms with Crippen molar-refractivity contribution in [3.05, 3.63) is 88.5 Å². The number of benzene rings is 3. The first kappa shape index (κ1) is 20.0. The summed E-state index contributed by atoms with van der Waals surface area (Å²) in [5.74, 6) is 0.916. The number of phenolic OH excluding ortho intramolecular Hbond substituents is 1. The molecule has 0 saturated carbocycles. The van der Waals surface area contributed by atoms with Gasteiger partial charge in [-0.25, -0.2) is 0 Å². The number of phenols is 1. The predicted octanol–water partition coefficient (Wildman–Crippen LogP) is 6.36. The number of oxazole rings is 1. The van der Waals surface area contributed by atoms with E-state index in [9.17, 15) is 9.90 Å². The van der Waals surface area contributed by atoms with Gasteiger partial charge in [0.05, 0.1) is 4.88 Å². The van der Waals surface area contributed by atoms with Crippen LogP contribution >= 0.6 is 11.3 Å². The molecule has 0 radical (unpaired) electrons. The van der Waals surface area contributed by atoms with Gasteiger partial charge in [0, 0.05) is 26.8 Å². The van der Waals surface area contributed by atoms with Crippen LogP contribution in [-0.2, 0) is 0 Å². The fourth-order valence-corrected chi connectivity index (χ4v) is 5.19. The number of fused-ring (bicyclic) bond motifs is 1. The fraction of sp³-hybridized carbons (Fsp3) is 0.0769. The maximum absolute atomic E-state index is 13.6. The maximum atomic E-state index is 13.6. The van der Waals surface area contributed by atoms with Crippen LogP contribution in [0.15, 0.2) is 71.3 Å². The highest BCUT2D eigenvalue weighted by Gasteiger charge is 2.22. The smallest absolute Gasteiger partial charge is 0.227 e. The van der Waals surface area contributed by atoms with Gasteiger partial charge in [-0.05, 0) is 61.9 Å². The summed E-state index contributed by atoms with van der Waals surface area (Å²) in [6.07, 6.45) is 1.41. The number of hydrogen-bond donors (Lipinski definition) is 2. The summed E-state index contributed by atoms with van der Waals surface area (Å²) in [6, 6.07) is 18.8. The summed E-state index contributed by atoms with van der Waals surface area (Å²) in [6.45, 7) is 3.98. The van der Waals surface area contributed by atoms with Gasteiger partial charge in [-0.1, -0.05) is 29.3 Å². The second-order valence-electron chi connectivity index (χ2n) is 7.85. The Morgan fingerprint density at radius 3 is 2.31 bits per heavy atom. The Morgan fingerprint density at radius 1 is 0.969 bits per heavy atom. The summed E-state index contributed by atoms with van der Waals surface area (Å²) in [4.78, 5) is 18.4. The van der Waals surface area contributed by atoms with Crippen LogP contribution in [-0.4, -0.2) is 15.9 Å². The molecular weight excluding hydrogens is 420 g/mol. The van der Waals surface area contributed by atoms with Crippen LogP contribution in [0.2, 0.25) is 0 Å². The van der Waals surface area contributed by atoms with Crippen molar-refractivity contribution >= 4 is 33.0 Å². The zero-order chi connectivity index (χ0) is 22.4. The van der Waals surface area contributed by atoms with Crippen LogP contribution < -0.4 is 5.73 Å². The molecule has 5 aromatic rings. The largest absolute Gasteiger partial charge is 0.508 e. The van der Waals surface area contributed by atoms with Crippen LogP contribution in [0.5, 0.6) is 5.75 Å². The number of anilines is 1. The lowest BCUT2D eigenvalue weighted by molar-refractivity contribution is 0.104. The quantitative estimate of drug-likeness (QED) is 0.317. The van der Waals surface area contributed by atoms with Crippen molar-refractivity contribution in [2.45, 2.75) is 13.8 Å². The molecule has 6 heteroatoms. The first-order valence-corrected chi connectivity index (χ1v) is 10.9. The first-order valence-electron chi connectivity index (χ1n) is 10.1. The van der Waals surface area contributed by atoms with Crippen LogP contribution in [0.3, 0.4) is 0 Å². The van der Waals surface area contributed by atoms with E-state index >= 15 is 0 Å². The number of aromatic nitrogens is 1. The number of nitrogens with zero attached hydrogens (tertiary/aromatic N) is 1. The average molecular weight is 441 g/mol. The number of carbonyl (C=O) groups excluding carboxylic acids is 1. The molecule has 3 aromatic carbocycles. The molecule has 0 unspecified atom stereocenters. The molecule has 5 nitrogen and oxygen atoms in total. The van der Waals surface area contributed by atoms with Crippen molar-refractivity contribution in [3.8, 4) is 28.3 Å². The van der Waals surface area contributed by atoms with Gasteiger partial charge in [0.1, 0.15) is 12.0 Å². The number of nitrogen functional groups attached to an aromatic ring is 1. The van der Waals surface area contributed by atoms with Gasteiger partial charge in [-0.3, -0.25) is 4.79 Å². The monoisotopic (exact) mass is 440 g/mol. The molecule has 32 heavy (non-hydrogen) atoms. The number of rotatable bonds is 4. The van der Waals surface area contributed by atoms with Gasteiger partial charge in [-0.2, -0.15) is 4.98 Å². The molecule has 0 bridgehead atoms. The Morgan fingerprint density at radius 2 is 1.66 bits per heavy atom. The molecule has 0 atom stereocenters. The molecular formula is C26H20N2O3S. The summed E-state index contributed by atoms with van der Waals surface area (Å²) in [5.41, 5.74) is 11.0. The highest BCUT2D eigenvalue weighted by Crippen LogP contribution is 2.41. The topological polar surface area (TPSA) is 89.3 Å². The lowest BCUT2D eigenvalue weighted by Crippen LogP contribution is -2.01. The molecule has 2 aromatic heterocycles. The number of thiophene rings is 1. The third kappa shape index (κ3) is 3.55. The number of nitrogens with two attached hydrogens (primary N) is 1. The lowest BCUT2D eigenvalue weighted by Gasteiger charge is -2.08. The number of hydrogen-bond acceptors (Lipinski definition) is 6. The van der Waals surface area contributed by atoms with E-state index in [1.54, 1.807) is 12.1 Å². The Hall–Kier alpha value is -3.90. The van der Waals surface area contributed by atoms with Crippen LogP contribution in [0, 0.1) is 13.8 Å². The van der Waals surface area contributed by atoms with Crippen LogP contribution in [0.1, 0.15) is 26.4 Å². The molecule has 0 aliphatic carbocycles. The standard InChI is InChI=1S/C26H20N2O3S/c1-14-9-15(2)11-18(10-14)24(30)25-23(20-8-7-19(29)12-21(20)32-25)16-3-5-17(6-4-16)26-28-22(27)13-31-26/h3-13,29H,27H2,1-2H3. The van der Waals surface area contributed by atoms with Gasteiger partial charge in [0.25, 0.3) is 0 Å². The second-order valence-corrected chi connectivity index (χ2v) is 8.90. The molecule has 5 rings (SSSR count). The van der Waals surface area contributed by atoms with Crippen LogP contribution in [0.25, 0.3) is 32.7 Å². The molecule has 0 saturated heterocycles. The van der Waals surface area contributed by atoms with E-state index in [1.165, 1.54) is 17.6 Å². The first-order chi connectivity index (χ1) is 15.4. The molecule has 0 aliphatic heterocycles. The Bertz CT molecular complexity index is 1460. The highest BCUT2D eigenvalue weighted by atomic mass is 32.1. The minimum absolute atomic E-state index is 0.0305. The average Bonchev–Trinajstić information content (AvgIpc) is 3.36. The van der Waals surface area contributed by atoms with E-state index in [2.05, 4.69) is 11.1 Å². The maximum Gasteiger partial charge on any atom is 0.227 e. The minimum atomic E-state index is -0.0305. The van der Waals surface area contributed by atoms with Gasteiger partial charge < -0.3 is 15.3 Å². The molecule has 2 heterocycles. The van der Waals surface area contributed by atoms with E-state index in [0.29, 0.717) is 22.1 Å². The van der Waals surface area contributed by atoms with Crippen molar-refractivity contribution in [1.29, 1.82) is 0 Å². The summed E-state index contributed by atoms with van der Waals surface area (Å²) < 4.78 is 6.25. The van der Waals surface area contributed by atoms with E-state index in [1.807, 2.05) is 56.3 Å². The third-order valence-electron chi connectivity index (χ3n) is 5.31. The molecule has 0 spiro atoms. The van der Waals surface area contributed by atoms with Gasteiger partial charge in [0.15, 0.2) is 5.82 Å². The Balaban J connectivity index is 1.67. The molecule has 0 aliphatic rings.